The first-order valence-corrected chi connectivity index (χ1v) is 6.14. The van der Waals surface area contributed by atoms with Crippen LogP contribution < -0.4 is 10.6 Å². The van der Waals surface area contributed by atoms with Crippen molar-refractivity contribution in [3.8, 4) is 0 Å². The zero-order chi connectivity index (χ0) is 11.4. The summed E-state index contributed by atoms with van der Waals surface area (Å²) in [7, 11) is 0. The van der Waals surface area contributed by atoms with E-state index in [0.29, 0.717) is 11.7 Å². The zero-order valence-electron chi connectivity index (χ0n) is 9.16. The number of ether oxygens (including phenoxy) is 1. The third-order valence-corrected chi connectivity index (χ3v) is 3.18. The molecule has 1 saturated heterocycles. The highest BCUT2D eigenvalue weighted by atomic mass is 32.1. The largest absolute Gasteiger partial charge is 0.376 e. The maximum atomic E-state index is 11.5. The molecule has 1 aliphatic heterocycles. The van der Waals surface area contributed by atoms with Gasteiger partial charge < -0.3 is 10.1 Å². The summed E-state index contributed by atoms with van der Waals surface area (Å²) in [5.41, 5.74) is 0. The van der Waals surface area contributed by atoms with Gasteiger partial charge in [-0.1, -0.05) is 0 Å². The van der Waals surface area contributed by atoms with Crippen molar-refractivity contribution in [3.05, 3.63) is 11.1 Å². The molecular formula is C10H15N3O2S. The predicted octanol–water partition coefficient (Wildman–Crippen LogP) is 1.75. The fourth-order valence-electron chi connectivity index (χ4n) is 1.57. The van der Waals surface area contributed by atoms with Gasteiger partial charge in [-0.15, -0.1) is 11.3 Å². The van der Waals surface area contributed by atoms with Crippen molar-refractivity contribution in [3.63, 3.8) is 0 Å². The number of amides is 2. The fraction of sp³-hybridized carbons (Fsp3) is 0.600. The smallest absolute Gasteiger partial charge is 0.321 e. The van der Waals surface area contributed by atoms with E-state index in [0.717, 1.165) is 24.3 Å². The van der Waals surface area contributed by atoms with Gasteiger partial charge in [0.05, 0.1) is 6.10 Å². The molecule has 2 amide bonds. The van der Waals surface area contributed by atoms with Crippen molar-refractivity contribution in [2.45, 2.75) is 25.9 Å². The van der Waals surface area contributed by atoms with Crippen molar-refractivity contribution >= 4 is 22.5 Å². The lowest BCUT2D eigenvalue weighted by atomic mass is 10.2. The van der Waals surface area contributed by atoms with Gasteiger partial charge in [-0.3, -0.25) is 5.32 Å². The van der Waals surface area contributed by atoms with Crippen molar-refractivity contribution in [1.82, 2.24) is 10.3 Å². The zero-order valence-corrected chi connectivity index (χ0v) is 9.97. The van der Waals surface area contributed by atoms with Gasteiger partial charge in [0, 0.05) is 24.2 Å². The Kier molecular flexibility index (Phi) is 3.74. The highest BCUT2D eigenvalue weighted by Gasteiger charge is 2.16. The van der Waals surface area contributed by atoms with Crippen LogP contribution in [0.25, 0.3) is 0 Å². The molecule has 5 nitrogen and oxygen atoms in total. The maximum absolute atomic E-state index is 11.5. The molecular weight excluding hydrogens is 226 g/mol. The molecule has 0 aliphatic carbocycles. The van der Waals surface area contributed by atoms with E-state index < -0.39 is 0 Å². The number of rotatable bonds is 3. The molecule has 1 aromatic rings. The van der Waals surface area contributed by atoms with E-state index in [9.17, 15) is 4.79 Å². The van der Waals surface area contributed by atoms with Gasteiger partial charge in [-0.05, 0) is 19.8 Å². The molecule has 88 valence electrons. The Bertz CT molecular complexity index is 361. The molecule has 0 aromatic carbocycles. The summed E-state index contributed by atoms with van der Waals surface area (Å²) in [5.74, 6) is 0. The van der Waals surface area contributed by atoms with Gasteiger partial charge >= 0.3 is 6.03 Å². The summed E-state index contributed by atoms with van der Waals surface area (Å²) in [4.78, 5) is 16.6. The summed E-state index contributed by atoms with van der Waals surface area (Å²) in [5, 5.41) is 6.09. The molecule has 1 fully saturated rings. The first kappa shape index (κ1) is 11.3. The Labute approximate surface area is 98.2 Å². The number of thiazole rings is 1. The number of hydrogen-bond acceptors (Lipinski definition) is 4. The van der Waals surface area contributed by atoms with Crippen molar-refractivity contribution in [2.24, 2.45) is 0 Å². The van der Waals surface area contributed by atoms with Crippen LogP contribution in [-0.2, 0) is 4.74 Å². The number of carbonyl (C=O) groups excluding carboxylic acids is 1. The Morgan fingerprint density at radius 3 is 3.25 bits per heavy atom. The minimum atomic E-state index is -0.218. The molecule has 2 rings (SSSR count). The predicted molar refractivity (Wildman–Crippen MR) is 62.8 cm³/mol. The van der Waals surface area contributed by atoms with Gasteiger partial charge in [-0.2, -0.15) is 0 Å². The van der Waals surface area contributed by atoms with Gasteiger partial charge in [0.2, 0.25) is 0 Å². The summed E-state index contributed by atoms with van der Waals surface area (Å²) < 4.78 is 5.40. The number of aromatic nitrogens is 1. The van der Waals surface area contributed by atoms with Gasteiger partial charge in [0.25, 0.3) is 0 Å². The van der Waals surface area contributed by atoms with Crippen LogP contribution in [0.5, 0.6) is 0 Å². The molecule has 0 saturated carbocycles. The van der Waals surface area contributed by atoms with Gasteiger partial charge in [-0.25, -0.2) is 9.78 Å². The average molecular weight is 241 g/mol. The second kappa shape index (κ2) is 5.27. The molecule has 1 aliphatic rings. The standard InChI is InChI=1S/C10H15N3O2S/c1-7-5-12-10(16-7)13-9(14)11-6-8-3-2-4-15-8/h5,8H,2-4,6H2,1H3,(H2,11,12,13,14)/t8-/m1/s1. The number of urea groups is 1. The molecule has 16 heavy (non-hydrogen) atoms. The molecule has 2 N–H and O–H groups in total. The maximum Gasteiger partial charge on any atom is 0.321 e. The van der Waals surface area contributed by atoms with Crippen LogP contribution in [0.1, 0.15) is 17.7 Å². The Hall–Kier alpha value is -1.14. The first-order chi connectivity index (χ1) is 7.74. The van der Waals surface area contributed by atoms with Crippen LogP contribution in [-0.4, -0.2) is 30.3 Å². The first-order valence-electron chi connectivity index (χ1n) is 5.33. The summed E-state index contributed by atoms with van der Waals surface area (Å²) in [6.07, 6.45) is 4.01. The van der Waals surface area contributed by atoms with Crippen LogP contribution in [0.3, 0.4) is 0 Å². The van der Waals surface area contributed by atoms with Crippen molar-refractivity contribution in [1.29, 1.82) is 0 Å². The van der Waals surface area contributed by atoms with Crippen LogP contribution >= 0.6 is 11.3 Å². The quantitative estimate of drug-likeness (QED) is 0.847. The van der Waals surface area contributed by atoms with E-state index in [1.807, 2.05) is 6.92 Å². The summed E-state index contributed by atoms with van der Waals surface area (Å²) >= 11 is 1.46. The minimum absolute atomic E-state index is 0.170. The highest BCUT2D eigenvalue weighted by molar-refractivity contribution is 7.15. The van der Waals surface area contributed by atoms with E-state index in [2.05, 4.69) is 15.6 Å². The number of aryl methyl sites for hydroxylation is 1. The van der Waals surface area contributed by atoms with Gasteiger partial charge in [0.15, 0.2) is 5.13 Å². The Morgan fingerprint density at radius 1 is 1.75 bits per heavy atom. The molecule has 0 radical (unpaired) electrons. The van der Waals surface area contributed by atoms with Crippen LogP contribution in [0.15, 0.2) is 6.20 Å². The topological polar surface area (TPSA) is 63.2 Å². The third kappa shape index (κ3) is 3.18. The van der Waals surface area contributed by atoms with Crippen LogP contribution in [0.4, 0.5) is 9.93 Å². The lowest BCUT2D eigenvalue weighted by molar-refractivity contribution is 0.112. The van der Waals surface area contributed by atoms with Crippen LogP contribution in [0.2, 0.25) is 0 Å². The summed E-state index contributed by atoms with van der Waals surface area (Å²) in [6, 6.07) is -0.218. The lowest BCUT2D eigenvalue weighted by Gasteiger charge is -2.10. The SMILES string of the molecule is Cc1cnc(NC(=O)NC[C@H]2CCCO2)s1. The Morgan fingerprint density at radius 2 is 2.62 bits per heavy atom. The molecule has 0 spiro atoms. The van der Waals surface area contributed by atoms with Crippen LogP contribution in [0, 0.1) is 6.92 Å². The molecule has 1 atom stereocenters. The lowest BCUT2D eigenvalue weighted by Crippen LogP contribution is -2.34. The van der Waals surface area contributed by atoms with E-state index >= 15 is 0 Å². The molecule has 6 heteroatoms. The van der Waals surface area contributed by atoms with Crippen molar-refractivity contribution < 1.29 is 9.53 Å². The third-order valence-electron chi connectivity index (χ3n) is 2.36. The minimum Gasteiger partial charge on any atom is -0.376 e. The number of nitrogens with zero attached hydrogens (tertiary/aromatic N) is 1. The van der Waals surface area contributed by atoms with E-state index in [1.54, 1.807) is 6.20 Å². The second-order valence-corrected chi connectivity index (χ2v) is 4.98. The average Bonchev–Trinajstić information content (AvgIpc) is 2.87. The van der Waals surface area contributed by atoms with Gasteiger partial charge in [0.1, 0.15) is 0 Å². The summed E-state index contributed by atoms with van der Waals surface area (Å²) in [6.45, 7) is 3.32. The normalized spacial score (nSPS) is 19.7. The van der Waals surface area contributed by atoms with E-state index in [-0.39, 0.29) is 12.1 Å². The number of nitrogens with one attached hydrogen (secondary N) is 2. The number of hydrogen-bond donors (Lipinski definition) is 2. The number of anilines is 1. The van der Waals surface area contributed by atoms with E-state index in [1.165, 1.54) is 11.3 Å². The molecule has 1 aromatic heterocycles. The molecule has 0 bridgehead atoms. The van der Waals surface area contributed by atoms with E-state index in [4.69, 9.17) is 4.74 Å². The van der Waals surface area contributed by atoms with Crippen molar-refractivity contribution in [2.75, 3.05) is 18.5 Å². The molecule has 0 unspecified atom stereocenters. The molecule has 2 heterocycles. The Balaban J connectivity index is 1.71. The fourth-order valence-corrected chi connectivity index (χ4v) is 2.23. The highest BCUT2D eigenvalue weighted by Crippen LogP contribution is 2.16. The number of carbonyl (C=O) groups is 1. The monoisotopic (exact) mass is 241 g/mol. The second-order valence-electron chi connectivity index (χ2n) is 3.75.